The van der Waals surface area contributed by atoms with Crippen LogP contribution in [0.4, 0.5) is 0 Å². The molecule has 0 spiro atoms. The third kappa shape index (κ3) is 3.82. The number of nitrogens with two attached hydrogens (primary N) is 1. The molecule has 0 saturated carbocycles. The van der Waals surface area contributed by atoms with E-state index in [1.54, 1.807) is 0 Å². The maximum atomic E-state index is 5.98. The van der Waals surface area contributed by atoms with E-state index in [0.717, 1.165) is 25.9 Å². The van der Waals surface area contributed by atoms with E-state index in [9.17, 15) is 0 Å². The summed E-state index contributed by atoms with van der Waals surface area (Å²) in [6, 6.07) is 0.795. The van der Waals surface area contributed by atoms with Crippen LogP contribution < -0.4 is 5.73 Å². The van der Waals surface area contributed by atoms with Gasteiger partial charge in [0.25, 0.3) is 0 Å². The van der Waals surface area contributed by atoms with Crippen molar-refractivity contribution in [1.82, 2.24) is 14.7 Å². The summed E-state index contributed by atoms with van der Waals surface area (Å²) in [6.45, 7) is 11.5. The van der Waals surface area contributed by atoms with Gasteiger partial charge in [0.05, 0.1) is 12.2 Å². The molecule has 0 aliphatic heterocycles. The Morgan fingerprint density at radius 1 is 1.33 bits per heavy atom. The number of rotatable bonds is 8. The molecule has 104 valence electrons. The van der Waals surface area contributed by atoms with Crippen LogP contribution >= 0.6 is 0 Å². The minimum Gasteiger partial charge on any atom is -0.329 e. The van der Waals surface area contributed by atoms with Gasteiger partial charge < -0.3 is 5.73 Å². The molecule has 1 rings (SSSR count). The lowest BCUT2D eigenvalue weighted by molar-refractivity contribution is 0.157. The summed E-state index contributed by atoms with van der Waals surface area (Å²) in [6.07, 6.45) is 6.37. The van der Waals surface area contributed by atoms with Crippen molar-refractivity contribution < 1.29 is 0 Å². The van der Waals surface area contributed by atoms with E-state index in [2.05, 4.69) is 43.9 Å². The van der Waals surface area contributed by atoms with Crippen LogP contribution in [0, 0.1) is 0 Å². The zero-order valence-corrected chi connectivity index (χ0v) is 12.3. The molecule has 4 nitrogen and oxygen atoms in total. The van der Waals surface area contributed by atoms with Gasteiger partial charge in [-0.3, -0.25) is 9.58 Å². The Morgan fingerprint density at radius 2 is 2.06 bits per heavy atom. The van der Waals surface area contributed by atoms with Crippen molar-refractivity contribution in [1.29, 1.82) is 0 Å². The Morgan fingerprint density at radius 3 is 2.56 bits per heavy atom. The molecule has 0 amide bonds. The zero-order chi connectivity index (χ0) is 13.5. The number of aromatic nitrogens is 2. The van der Waals surface area contributed by atoms with Crippen LogP contribution in [-0.2, 0) is 6.54 Å². The maximum absolute atomic E-state index is 5.98. The SMILES string of the molecule is CCCN(C(C)C)C(CN)c1cnn(CCC)c1. The van der Waals surface area contributed by atoms with E-state index in [1.165, 1.54) is 5.56 Å². The minimum absolute atomic E-state index is 0.288. The molecule has 0 bridgehead atoms. The molecule has 1 aromatic heterocycles. The van der Waals surface area contributed by atoms with Gasteiger partial charge in [-0.25, -0.2) is 0 Å². The largest absolute Gasteiger partial charge is 0.329 e. The van der Waals surface area contributed by atoms with E-state index in [1.807, 2.05) is 10.9 Å². The fourth-order valence-electron chi connectivity index (χ4n) is 2.40. The highest BCUT2D eigenvalue weighted by atomic mass is 15.3. The first-order valence-corrected chi connectivity index (χ1v) is 7.12. The molecule has 1 heterocycles. The van der Waals surface area contributed by atoms with E-state index in [4.69, 9.17) is 5.73 Å². The van der Waals surface area contributed by atoms with Crippen LogP contribution in [0.25, 0.3) is 0 Å². The Kier molecular flexibility index (Phi) is 6.36. The summed E-state index contributed by atoms with van der Waals surface area (Å²) in [5, 5.41) is 4.41. The van der Waals surface area contributed by atoms with Crippen molar-refractivity contribution in [2.24, 2.45) is 5.73 Å². The van der Waals surface area contributed by atoms with Crippen LogP contribution in [0.15, 0.2) is 12.4 Å². The average Bonchev–Trinajstić information content (AvgIpc) is 2.78. The Hall–Kier alpha value is -0.870. The van der Waals surface area contributed by atoms with E-state index < -0.39 is 0 Å². The van der Waals surface area contributed by atoms with Crippen LogP contribution in [0.5, 0.6) is 0 Å². The molecular weight excluding hydrogens is 224 g/mol. The first-order valence-electron chi connectivity index (χ1n) is 7.12. The van der Waals surface area contributed by atoms with Crippen molar-refractivity contribution in [2.75, 3.05) is 13.1 Å². The minimum atomic E-state index is 0.288. The van der Waals surface area contributed by atoms with E-state index >= 15 is 0 Å². The van der Waals surface area contributed by atoms with Gasteiger partial charge in [0.2, 0.25) is 0 Å². The highest BCUT2D eigenvalue weighted by Gasteiger charge is 2.22. The molecule has 0 fully saturated rings. The number of hydrogen-bond donors (Lipinski definition) is 1. The monoisotopic (exact) mass is 252 g/mol. The van der Waals surface area contributed by atoms with Crippen molar-refractivity contribution in [3.05, 3.63) is 18.0 Å². The van der Waals surface area contributed by atoms with Gasteiger partial charge in [-0.1, -0.05) is 13.8 Å². The zero-order valence-electron chi connectivity index (χ0n) is 12.3. The second-order valence-electron chi connectivity index (χ2n) is 5.12. The highest BCUT2D eigenvalue weighted by molar-refractivity contribution is 5.11. The summed E-state index contributed by atoms with van der Waals surface area (Å²) in [7, 11) is 0. The van der Waals surface area contributed by atoms with E-state index in [-0.39, 0.29) is 6.04 Å². The van der Waals surface area contributed by atoms with Gasteiger partial charge in [-0.15, -0.1) is 0 Å². The molecule has 1 aromatic rings. The topological polar surface area (TPSA) is 47.1 Å². The molecule has 0 saturated heterocycles. The second-order valence-corrected chi connectivity index (χ2v) is 5.12. The first-order chi connectivity index (χ1) is 8.63. The summed E-state index contributed by atoms with van der Waals surface area (Å²) in [5.41, 5.74) is 7.22. The van der Waals surface area contributed by atoms with Crippen molar-refractivity contribution >= 4 is 0 Å². The summed E-state index contributed by atoms with van der Waals surface area (Å²) >= 11 is 0. The van der Waals surface area contributed by atoms with Gasteiger partial charge in [-0.05, 0) is 33.2 Å². The third-order valence-electron chi connectivity index (χ3n) is 3.26. The fourth-order valence-corrected chi connectivity index (χ4v) is 2.40. The summed E-state index contributed by atoms with van der Waals surface area (Å²) in [5.74, 6) is 0. The van der Waals surface area contributed by atoms with E-state index in [0.29, 0.717) is 12.6 Å². The van der Waals surface area contributed by atoms with Gasteiger partial charge in [0, 0.05) is 30.9 Å². The smallest absolute Gasteiger partial charge is 0.0538 e. The fraction of sp³-hybridized carbons (Fsp3) is 0.786. The Labute approximate surface area is 111 Å². The second kappa shape index (κ2) is 7.54. The molecule has 18 heavy (non-hydrogen) atoms. The lowest BCUT2D eigenvalue weighted by atomic mass is 10.1. The quantitative estimate of drug-likeness (QED) is 0.773. The predicted molar refractivity (Wildman–Crippen MR) is 76.4 cm³/mol. The van der Waals surface area contributed by atoms with Gasteiger partial charge >= 0.3 is 0 Å². The van der Waals surface area contributed by atoms with Gasteiger partial charge in [0.1, 0.15) is 0 Å². The molecule has 0 radical (unpaired) electrons. The number of nitrogens with zero attached hydrogens (tertiary/aromatic N) is 3. The Balaban J connectivity index is 2.84. The van der Waals surface area contributed by atoms with Crippen LogP contribution in [-0.4, -0.2) is 33.8 Å². The molecule has 0 aromatic carbocycles. The maximum Gasteiger partial charge on any atom is 0.0538 e. The van der Waals surface area contributed by atoms with Crippen LogP contribution in [0.3, 0.4) is 0 Å². The van der Waals surface area contributed by atoms with Gasteiger partial charge in [-0.2, -0.15) is 5.10 Å². The third-order valence-corrected chi connectivity index (χ3v) is 3.26. The molecular formula is C14H28N4. The lowest BCUT2D eigenvalue weighted by Gasteiger charge is -2.33. The molecule has 2 N–H and O–H groups in total. The Bertz CT molecular complexity index is 332. The molecule has 0 aliphatic rings. The van der Waals surface area contributed by atoms with Crippen LogP contribution in [0.2, 0.25) is 0 Å². The molecule has 1 atom stereocenters. The van der Waals surface area contributed by atoms with Crippen LogP contribution in [0.1, 0.15) is 52.1 Å². The van der Waals surface area contributed by atoms with Crippen molar-refractivity contribution in [3.8, 4) is 0 Å². The summed E-state index contributed by atoms with van der Waals surface area (Å²) < 4.78 is 2.02. The van der Waals surface area contributed by atoms with Gasteiger partial charge in [0.15, 0.2) is 0 Å². The standard InChI is InChI=1S/C14H28N4/c1-5-7-17-11-13(10-16-17)14(9-15)18(8-6-2)12(3)4/h10-12,14H,5-9,15H2,1-4H3. The number of aryl methyl sites for hydroxylation is 1. The van der Waals surface area contributed by atoms with Crippen molar-refractivity contribution in [3.63, 3.8) is 0 Å². The summed E-state index contributed by atoms with van der Waals surface area (Å²) in [4.78, 5) is 2.47. The molecule has 1 unspecified atom stereocenters. The predicted octanol–water partition coefficient (Wildman–Crippen LogP) is 2.41. The first kappa shape index (κ1) is 15.2. The molecule has 4 heteroatoms. The van der Waals surface area contributed by atoms with Crippen molar-refractivity contribution in [2.45, 2.75) is 59.2 Å². The normalized spacial score (nSPS) is 13.5. The lowest BCUT2D eigenvalue weighted by Crippen LogP contribution is -2.39. The number of hydrogen-bond acceptors (Lipinski definition) is 3. The highest BCUT2D eigenvalue weighted by Crippen LogP contribution is 2.22. The molecule has 0 aliphatic carbocycles. The average molecular weight is 252 g/mol.